The molecular weight excluding hydrogens is 443 g/mol. The van der Waals surface area contributed by atoms with Gasteiger partial charge in [0.25, 0.3) is 5.91 Å². The quantitative estimate of drug-likeness (QED) is 0.361. The van der Waals surface area contributed by atoms with Crippen LogP contribution in [-0.2, 0) is 6.54 Å². The summed E-state index contributed by atoms with van der Waals surface area (Å²) in [6, 6.07) is 20.7. The van der Waals surface area contributed by atoms with Gasteiger partial charge in [-0.3, -0.25) is 9.78 Å². The highest BCUT2D eigenvalue weighted by Gasteiger charge is 2.17. The number of carbonyl (C=O) groups is 1. The zero-order valence-corrected chi connectivity index (χ0v) is 18.8. The van der Waals surface area contributed by atoms with Crippen molar-refractivity contribution >= 4 is 11.7 Å². The van der Waals surface area contributed by atoms with E-state index in [4.69, 9.17) is 5.73 Å². The lowest BCUT2D eigenvalue weighted by molar-refractivity contribution is 0.0935. The summed E-state index contributed by atoms with van der Waals surface area (Å²) in [6.07, 6.45) is 4.80. The number of pyridine rings is 2. The summed E-state index contributed by atoms with van der Waals surface area (Å²) in [4.78, 5) is 20.8. The summed E-state index contributed by atoms with van der Waals surface area (Å²) >= 11 is 0. The Morgan fingerprint density at radius 1 is 1.06 bits per heavy atom. The molecule has 0 aliphatic heterocycles. The van der Waals surface area contributed by atoms with Gasteiger partial charge in [-0.05, 0) is 53.1 Å². The lowest BCUT2D eigenvalue weighted by Gasteiger charge is -2.20. The first-order chi connectivity index (χ1) is 17.0. The number of hydrogen-bond acceptors (Lipinski definition) is 6. The number of nitriles is 1. The Morgan fingerprint density at radius 2 is 1.86 bits per heavy atom. The lowest BCUT2D eigenvalue weighted by Crippen LogP contribution is -2.35. The van der Waals surface area contributed by atoms with E-state index in [2.05, 4.69) is 20.6 Å². The van der Waals surface area contributed by atoms with Gasteiger partial charge in [-0.15, -0.1) is 0 Å². The van der Waals surface area contributed by atoms with Gasteiger partial charge in [0.1, 0.15) is 17.7 Å². The van der Waals surface area contributed by atoms with E-state index in [0.717, 1.165) is 16.7 Å². The van der Waals surface area contributed by atoms with Crippen LogP contribution in [0.2, 0.25) is 0 Å². The van der Waals surface area contributed by atoms with Gasteiger partial charge < -0.3 is 16.4 Å². The third kappa shape index (κ3) is 6.05. The van der Waals surface area contributed by atoms with E-state index >= 15 is 0 Å². The zero-order chi connectivity index (χ0) is 24.6. The second-order valence-corrected chi connectivity index (χ2v) is 7.92. The highest BCUT2D eigenvalue weighted by Crippen LogP contribution is 2.20. The van der Waals surface area contributed by atoms with E-state index < -0.39 is 11.9 Å². The maximum absolute atomic E-state index is 13.9. The molecule has 0 spiro atoms. The monoisotopic (exact) mass is 466 g/mol. The largest absolute Gasteiger partial charge is 0.384 e. The molecule has 0 aliphatic rings. The fourth-order valence-corrected chi connectivity index (χ4v) is 3.59. The second-order valence-electron chi connectivity index (χ2n) is 7.92. The normalized spacial score (nSPS) is 11.4. The van der Waals surface area contributed by atoms with Crippen molar-refractivity contribution in [1.29, 1.82) is 5.26 Å². The molecule has 0 bridgehead atoms. The number of nitrogen functional groups attached to an aromatic ring is 1. The van der Waals surface area contributed by atoms with Crippen LogP contribution >= 0.6 is 0 Å². The molecule has 7 nitrogen and oxygen atoms in total. The van der Waals surface area contributed by atoms with Crippen molar-refractivity contribution in [2.75, 3.05) is 12.3 Å². The summed E-state index contributed by atoms with van der Waals surface area (Å²) in [7, 11) is 0. The first-order valence-corrected chi connectivity index (χ1v) is 11.0. The number of carbonyl (C=O) groups excluding carboxylic acids is 1. The molecule has 1 atom stereocenters. The average Bonchev–Trinajstić information content (AvgIpc) is 2.90. The topological polar surface area (TPSA) is 117 Å². The van der Waals surface area contributed by atoms with Crippen LogP contribution < -0.4 is 16.4 Å². The van der Waals surface area contributed by atoms with Crippen molar-refractivity contribution in [3.05, 3.63) is 113 Å². The summed E-state index contributed by atoms with van der Waals surface area (Å²) in [5, 5.41) is 15.5. The van der Waals surface area contributed by atoms with Crippen LogP contribution in [0.4, 0.5) is 10.2 Å². The molecule has 0 fully saturated rings. The molecule has 4 rings (SSSR count). The third-order valence-corrected chi connectivity index (χ3v) is 5.49. The zero-order valence-electron chi connectivity index (χ0n) is 18.8. The number of hydrogen-bond donors (Lipinski definition) is 3. The molecule has 4 N–H and O–H groups in total. The molecule has 1 amide bonds. The van der Waals surface area contributed by atoms with Gasteiger partial charge in [-0.25, -0.2) is 9.37 Å². The molecule has 0 saturated heterocycles. The van der Waals surface area contributed by atoms with E-state index in [0.29, 0.717) is 30.0 Å². The van der Waals surface area contributed by atoms with Crippen molar-refractivity contribution in [2.24, 2.45) is 0 Å². The van der Waals surface area contributed by atoms with Gasteiger partial charge in [0.2, 0.25) is 0 Å². The Bertz CT molecular complexity index is 1340. The molecule has 0 radical (unpaired) electrons. The Labute approximate surface area is 202 Å². The molecule has 8 heteroatoms. The number of benzene rings is 2. The molecule has 174 valence electrons. The van der Waals surface area contributed by atoms with E-state index in [9.17, 15) is 14.4 Å². The molecule has 0 unspecified atom stereocenters. The van der Waals surface area contributed by atoms with Crippen molar-refractivity contribution in [3.8, 4) is 17.2 Å². The number of aromatic nitrogens is 2. The minimum Gasteiger partial charge on any atom is -0.384 e. The Kier molecular flexibility index (Phi) is 7.40. The number of anilines is 1. The maximum atomic E-state index is 13.9. The summed E-state index contributed by atoms with van der Waals surface area (Å²) in [6.45, 7) is 0.915. The van der Waals surface area contributed by atoms with Gasteiger partial charge in [-0.2, -0.15) is 5.26 Å². The standard InChI is InChI=1S/C27H23FN6O/c28-24-9-7-20(12-23(24)13-29)25(34-27(35)22-2-1-11-31-15-22)17-32-14-18-3-5-19(6-4-18)21-8-10-26(30)33-16-21/h1-12,15-16,25,32H,14,17H2,(H2,30,33)(H,34,35)/t25-/m1/s1. The molecule has 35 heavy (non-hydrogen) atoms. The van der Waals surface area contributed by atoms with Crippen molar-refractivity contribution in [3.63, 3.8) is 0 Å². The smallest absolute Gasteiger partial charge is 0.253 e. The highest BCUT2D eigenvalue weighted by atomic mass is 19.1. The van der Waals surface area contributed by atoms with E-state index in [1.807, 2.05) is 36.4 Å². The van der Waals surface area contributed by atoms with Crippen molar-refractivity contribution < 1.29 is 9.18 Å². The summed E-state index contributed by atoms with van der Waals surface area (Å²) in [5.41, 5.74) is 9.66. The predicted octanol–water partition coefficient (Wildman–Crippen LogP) is 4.00. The van der Waals surface area contributed by atoms with E-state index in [1.165, 1.54) is 18.3 Å². The molecular formula is C27H23FN6O. The Morgan fingerprint density at radius 3 is 2.54 bits per heavy atom. The number of amides is 1. The van der Waals surface area contributed by atoms with Crippen LogP contribution in [-0.4, -0.2) is 22.4 Å². The molecule has 2 aromatic heterocycles. The van der Waals surface area contributed by atoms with Crippen LogP contribution in [0.5, 0.6) is 0 Å². The SMILES string of the molecule is N#Cc1cc([C@@H](CNCc2ccc(-c3ccc(N)nc3)cc2)NC(=O)c2cccnc2)ccc1F. The Balaban J connectivity index is 1.45. The van der Waals surface area contributed by atoms with Gasteiger partial charge in [0, 0.05) is 37.2 Å². The summed E-state index contributed by atoms with van der Waals surface area (Å²) < 4.78 is 13.9. The van der Waals surface area contributed by atoms with Gasteiger partial charge in [-0.1, -0.05) is 30.3 Å². The number of rotatable bonds is 8. The molecule has 4 aromatic rings. The van der Waals surface area contributed by atoms with E-state index in [-0.39, 0.29) is 11.5 Å². The van der Waals surface area contributed by atoms with Gasteiger partial charge in [0.05, 0.1) is 17.2 Å². The minimum absolute atomic E-state index is 0.0733. The summed E-state index contributed by atoms with van der Waals surface area (Å²) in [5.74, 6) is -0.435. The number of halogens is 1. The van der Waals surface area contributed by atoms with E-state index in [1.54, 1.807) is 36.7 Å². The number of nitrogens with one attached hydrogen (secondary N) is 2. The molecule has 0 saturated carbocycles. The molecule has 0 aliphatic carbocycles. The maximum Gasteiger partial charge on any atom is 0.253 e. The number of nitrogens with two attached hydrogens (primary N) is 1. The van der Waals surface area contributed by atoms with Crippen molar-refractivity contribution in [2.45, 2.75) is 12.6 Å². The average molecular weight is 467 g/mol. The van der Waals surface area contributed by atoms with Gasteiger partial charge in [0.15, 0.2) is 0 Å². The van der Waals surface area contributed by atoms with Gasteiger partial charge >= 0.3 is 0 Å². The fourth-order valence-electron chi connectivity index (χ4n) is 3.59. The molecule has 2 heterocycles. The first-order valence-electron chi connectivity index (χ1n) is 11.0. The van der Waals surface area contributed by atoms with Crippen molar-refractivity contribution in [1.82, 2.24) is 20.6 Å². The lowest BCUT2D eigenvalue weighted by atomic mass is 10.0. The van der Waals surface area contributed by atoms with Crippen LogP contribution in [0.3, 0.4) is 0 Å². The van der Waals surface area contributed by atoms with Crippen LogP contribution in [0.25, 0.3) is 11.1 Å². The minimum atomic E-state index is -0.599. The fraction of sp³-hybridized carbons (Fsp3) is 0.111. The van der Waals surface area contributed by atoms with Crippen LogP contribution in [0.15, 0.2) is 85.3 Å². The first kappa shape index (κ1) is 23.5. The third-order valence-electron chi connectivity index (χ3n) is 5.49. The number of nitrogens with zero attached hydrogens (tertiary/aromatic N) is 3. The predicted molar refractivity (Wildman–Crippen MR) is 131 cm³/mol. The Hall–Kier alpha value is -4.61. The van der Waals surface area contributed by atoms with Crippen LogP contribution in [0.1, 0.15) is 33.1 Å². The van der Waals surface area contributed by atoms with Crippen LogP contribution in [0, 0.1) is 17.1 Å². The molecule has 2 aromatic carbocycles. The second kappa shape index (κ2) is 11.0. The highest BCUT2D eigenvalue weighted by molar-refractivity contribution is 5.94.